The lowest BCUT2D eigenvalue weighted by atomic mass is 10.0. The summed E-state index contributed by atoms with van der Waals surface area (Å²) < 4.78 is 32.0. The van der Waals surface area contributed by atoms with E-state index in [1.54, 1.807) is 0 Å². The fourth-order valence-electron chi connectivity index (χ4n) is 1.84. The summed E-state index contributed by atoms with van der Waals surface area (Å²) in [5.41, 5.74) is 0. The van der Waals surface area contributed by atoms with Crippen LogP contribution in [0.5, 0.6) is 0 Å². The minimum atomic E-state index is -1.78. The van der Waals surface area contributed by atoms with Gasteiger partial charge in [-0.15, -0.1) is 0 Å². The van der Waals surface area contributed by atoms with E-state index in [2.05, 4.69) is 6.92 Å². The van der Waals surface area contributed by atoms with E-state index >= 15 is 0 Å². The molecule has 0 saturated heterocycles. The summed E-state index contributed by atoms with van der Waals surface area (Å²) in [6.07, 6.45) is 4.98. The smallest absolute Gasteiger partial charge is 0.303 e. The van der Waals surface area contributed by atoms with E-state index in [1.807, 2.05) is 0 Å². The molecule has 2 nitrogen and oxygen atoms in total. The van der Waals surface area contributed by atoms with Crippen molar-refractivity contribution in [2.45, 2.75) is 96.7 Å². The summed E-state index contributed by atoms with van der Waals surface area (Å²) in [5, 5.41) is 8.53. The van der Waals surface area contributed by atoms with Crippen LogP contribution in [0.15, 0.2) is 0 Å². The third-order valence-electron chi connectivity index (χ3n) is 2.97. The molecule has 108 valence electrons. The molecule has 0 bridgehead atoms. The van der Waals surface area contributed by atoms with Gasteiger partial charge in [-0.25, -0.2) is 0 Å². The van der Waals surface area contributed by atoms with Gasteiger partial charge in [0, 0.05) is 11.9 Å². The number of carboxylic acid groups (broad SMARTS) is 1. The normalized spacial score (nSPS) is 15.6. The lowest BCUT2D eigenvalue weighted by molar-refractivity contribution is -0.137. The first kappa shape index (κ1) is 11.3. The second-order valence-corrected chi connectivity index (χ2v) is 4.83. The van der Waals surface area contributed by atoms with Gasteiger partial charge in [-0.2, -0.15) is 0 Å². The maximum atomic E-state index is 10.4. The first-order valence-electron chi connectivity index (χ1n) is 9.45. The Hall–Kier alpha value is -0.530. The first-order valence-corrected chi connectivity index (χ1v) is 7.45. The van der Waals surface area contributed by atoms with Crippen molar-refractivity contribution in [1.29, 1.82) is 0 Å². The molecule has 0 fully saturated rings. The second kappa shape index (κ2) is 14.5. The van der Waals surface area contributed by atoms with Crippen LogP contribution >= 0.6 is 0 Å². The van der Waals surface area contributed by atoms with Gasteiger partial charge in [0.15, 0.2) is 0 Å². The third-order valence-corrected chi connectivity index (χ3v) is 2.97. The molecule has 0 atom stereocenters. The number of hydrogen-bond acceptors (Lipinski definition) is 1. The summed E-state index contributed by atoms with van der Waals surface area (Å²) in [4.78, 5) is 10.4. The SMILES string of the molecule is [3H]C([3H])(CCCCCC)C([3H])([3H])CCCCCCCC(=O)O. The molecule has 0 rings (SSSR count). The van der Waals surface area contributed by atoms with E-state index in [-0.39, 0.29) is 12.8 Å². The van der Waals surface area contributed by atoms with Gasteiger partial charge < -0.3 is 5.11 Å². The predicted molar refractivity (Wildman–Crippen MR) is 77.9 cm³/mol. The topological polar surface area (TPSA) is 37.3 Å². The fourth-order valence-corrected chi connectivity index (χ4v) is 1.84. The van der Waals surface area contributed by atoms with Gasteiger partial charge >= 0.3 is 5.97 Å². The standard InChI is InChI=1S/C16H32O2/c1-2-3-4-5-6-7-8-9-10-11-12-13-14-15-16(17)18/h2-15H2,1H3,(H,17,18)/i7T2,8T2. The minimum absolute atomic E-state index is 0.196. The highest BCUT2D eigenvalue weighted by molar-refractivity contribution is 5.66. The van der Waals surface area contributed by atoms with Gasteiger partial charge in [-0.3, -0.25) is 4.79 Å². The van der Waals surface area contributed by atoms with E-state index < -0.39 is 18.7 Å². The highest BCUT2D eigenvalue weighted by Crippen LogP contribution is 2.12. The van der Waals surface area contributed by atoms with Gasteiger partial charge in [0.2, 0.25) is 0 Å². The van der Waals surface area contributed by atoms with E-state index in [1.165, 1.54) is 0 Å². The molecule has 0 aromatic heterocycles. The van der Waals surface area contributed by atoms with Crippen LogP contribution in [0.1, 0.15) is 102 Å². The van der Waals surface area contributed by atoms with Crippen LogP contribution in [0.25, 0.3) is 0 Å². The lowest BCUT2D eigenvalue weighted by Crippen LogP contribution is -1.93. The van der Waals surface area contributed by atoms with Crippen LogP contribution in [0.3, 0.4) is 0 Å². The molecular weight excluding hydrogens is 224 g/mol. The molecule has 0 heterocycles. The Morgan fingerprint density at radius 3 is 1.78 bits per heavy atom. The summed E-state index contributed by atoms with van der Waals surface area (Å²) >= 11 is 0. The van der Waals surface area contributed by atoms with Crippen molar-refractivity contribution in [2.75, 3.05) is 0 Å². The highest BCUT2D eigenvalue weighted by atomic mass is 16.4. The Morgan fingerprint density at radius 1 is 0.833 bits per heavy atom. The summed E-state index contributed by atoms with van der Waals surface area (Å²) in [6.45, 7) is 2.10. The Kier molecular flexibility index (Phi) is 9.13. The number of unbranched alkanes of at least 4 members (excludes halogenated alkanes) is 7. The Balaban J connectivity index is 3.88. The van der Waals surface area contributed by atoms with Crippen LogP contribution in [-0.4, -0.2) is 11.1 Å². The number of carboxylic acids is 1. The quantitative estimate of drug-likeness (QED) is 0.417. The molecule has 0 spiro atoms. The average Bonchev–Trinajstić information content (AvgIpc) is 2.42. The minimum Gasteiger partial charge on any atom is -0.481 e. The van der Waals surface area contributed by atoms with Crippen LogP contribution in [0.4, 0.5) is 0 Å². The van der Waals surface area contributed by atoms with Crippen LogP contribution in [0, 0.1) is 0 Å². The number of carbonyl (C=O) groups is 1. The zero-order chi connectivity index (χ0) is 17.1. The fraction of sp³-hybridized carbons (Fsp3) is 0.938. The molecule has 0 amide bonds. The average molecular weight is 264 g/mol. The molecule has 0 unspecified atom stereocenters. The molecule has 0 aromatic rings. The first-order chi connectivity index (χ1) is 10.2. The van der Waals surface area contributed by atoms with Crippen molar-refractivity contribution in [3.63, 3.8) is 0 Å². The Bertz CT molecular complexity index is 307. The van der Waals surface area contributed by atoms with Gasteiger partial charge in [0.25, 0.3) is 0 Å². The largest absolute Gasteiger partial charge is 0.481 e. The number of hydrogen-bond donors (Lipinski definition) is 1. The van der Waals surface area contributed by atoms with Crippen LogP contribution in [-0.2, 0) is 4.79 Å². The molecule has 0 aliphatic rings. The van der Waals surface area contributed by atoms with Crippen LogP contribution < -0.4 is 0 Å². The molecular formula is C16H32O2. The molecule has 2 heteroatoms. The molecule has 18 heavy (non-hydrogen) atoms. The van der Waals surface area contributed by atoms with E-state index in [9.17, 15) is 4.79 Å². The molecule has 0 saturated carbocycles. The van der Waals surface area contributed by atoms with Crippen molar-refractivity contribution >= 4 is 5.97 Å². The summed E-state index contributed by atoms with van der Waals surface area (Å²) in [7, 11) is 0. The van der Waals surface area contributed by atoms with Gasteiger partial charge in [-0.05, 0) is 6.42 Å². The number of rotatable bonds is 14. The van der Waals surface area contributed by atoms with Gasteiger partial charge in [-0.1, -0.05) is 83.9 Å². The molecule has 0 radical (unpaired) electrons. The zero-order valence-electron chi connectivity index (χ0n) is 15.8. The summed E-state index contributed by atoms with van der Waals surface area (Å²) in [5.74, 6) is -0.771. The zero-order valence-corrected chi connectivity index (χ0v) is 11.8. The highest BCUT2D eigenvalue weighted by Gasteiger charge is 1.96. The van der Waals surface area contributed by atoms with E-state index in [4.69, 9.17) is 10.6 Å². The van der Waals surface area contributed by atoms with E-state index in [0.29, 0.717) is 19.3 Å². The van der Waals surface area contributed by atoms with Crippen molar-refractivity contribution in [3.05, 3.63) is 0 Å². The third kappa shape index (κ3) is 15.5. The maximum absolute atomic E-state index is 10.4. The van der Waals surface area contributed by atoms with Crippen molar-refractivity contribution in [1.82, 2.24) is 0 Å². The molecule has 1 N–H and O–H groups in total. The maximum Gasteiger partial charge on any atom is 0.303 e. The molecule has 0 aliphatic carbocycles. The molecule has 0 aliphatic heterocycles. The van der Waals surface area contributed by atoms with E-state index in [0.717, 1.165) is 44.9 Å². The lowest BCUT2D eigenvalue weighted by Gasteiger charge is -2.02. The van der Waals surface area contributed by atoms with Crippen molar-refractivity contribution < 1.29 is 15.4 Å². The Labute approximate surface area is 119 Å². The van der Waals surface area contributed by atoms with Gasteiger partial charge in [0.1, 0.15) is 0 Å². The predicted octanol–water partition coefficient (Wildman–Crippen LogP) is 5.55. The van der Waals surface area contributed by atoms with Crippen LogP contribution in [0.2, 0.25) is 0 Å². The van der Waals surface area contributed by atoms with Crippen molar-refractivity contribution in [2.24, 2.45) is 0 Å². The molecule has 0 aromatic carbocycles. The monoisotopic (exact) mass is 264 g/mol. The Morgan fingerprint density at radius 2 is 1.28 bits per heavy atom. The van der Waals surface area contributed by atoms with Crippen molar-refractivity contribution in [3.8, 4) is 0 Å². The summed E-state index contributed by atoms with van der Waals surface area (Å²) in [6, 6.07) is 0. The second-order valence-electron chi connectivity index (χ2n) is 4.83. The van der Waals surface area contributed by atoms with Gasteiger partial charge in [0.05, 0.1) is 0 Å². The number of aliphatic carboxylic acids is 1.